The van der Waals surface area contributed by atoms with Gasteiger partial charge in [0.15, 0.2) is 0 Å². The standard InChI is InChI=1S/C17H14ClFO/c18-11-5-4-8-15-12-16(19)9-10-17(15)20-13-14-6-2-1-3-7-14/h1-3,6-7,9-10,12H,5,11,13H2. The van der Waals surface area contributed by atoms with E-state index >= 15 is 0 Å². The van der Waals surface area contributed by atoms with Gasteiger partial charge in [0.05, 0.1) is 5.56 Å². The van der Waals surface area contributed by atoms with Gasteiger partial charge in [0.1, 0.15) is 18.2 Å². The number of rotatable bonds is 4. The van der Waals surface area contributed by atoms with E-state index < -0.39 is 0 Å². The van der Waals surface area contributed by atoms with Gasteiger partial charge in [0.2, 0.25) is 0 Å². The lowest BCUT2D eigenvalue weighted by molar-refractivity contribution is 0.305. The molecule has 2 rings (SSSR count). The van der Waals surface area contributed by atoms with Gasteiger partial charge in [0, 0.05) is 12.3 Å². The highest BCUT2D eigenvalue weighted by atomic mass is 35.5. The summed E-state index contributed by atoms with van der Waals surface area (Å²) in [4.78, 5) is 0. The monoisotopic (exact) mass is 288 g/mol. The highest BCUT2D eigenvalue weighted by Gasteiger charge is 2.03. The molecule has 0 spiro atoms. The smallest absolute Gasteiger partial charge is 0.135 e. The molecule has 20 heavy (non-hydrogen) atoms. The molecule has 0 aliphatic carbocycles. The third kappa shape index (κ3) is 4.29. The average molecular weight is 289 g/mol. The highest BCUT2D eigenvalue weighted by Crippen LogP contribution is 2.20. The number of halogens is 2. The van der Waals surface area contributed by atoms with Crippen molar-refractivity contribution >= 4 is 11.6 Å². The third-order valence-electron chi connectivity index (χ3n) is 2.62. The van der Waals surface area contributed by atoms with Gasteiger partial charge < -0.3 is 4.74 Å². The summed E-state index contributed by atoms with van der Waals surface area (Å²) in [6, 6.07) is 14.1. The summed E-state index contributed by atoms with van der Waals surface area (Å²) >= 11 is 5.57. The van der Waals surface area contributed by atoms with E-state index in [1.54, 1.807) is 6.07 Å². The Morgan fingerprint density at radius 2 is 1.90 bits per heavy atom. The van der Waals surface area contributed by atoms with Crippen LogP contribution in [-0.4, -0.2) is 5.88 Å². The Kier molecular flexibility index (Phi) is 5.46. The molecule has 0 radical (unpaired) electrons. The topological polar surface area (TPSA) is 9.23 Å². The lowest BCUT2D eigenvalue weighted by atomic mass is 10.2. The molecule has 0 aliphatic heterocycles. The SMILES string of the molecule is Fc1ccc(OCc2ccccc2)c(C#CCCCl)c1. The number of hydrogen-bond acceptors (Lipinski definition) is 1. The van der Waals surface area contributed by atoms with Crippen molar-refractivity contribution in [2.24, 2.45) is 0 Å². The maximum atomic E-state index is 13.3. The summed E-state index contributed by atoms with van der Waals surface area (Å²) in [7, 11) is 0. The van der Waals surface area contributed by atoms with Crippen molar-refractivity contribution in [3.63, 3.8) is 0 Å². The molecular weight excluding hydrogens is 275 g/mol. The minimum atomic E-state index is -0.327. The molecule has 1 nitrogen and oxygen atoms in total. The molecule has 0 saturated heterocycles. The van der Waals surface area contributed by atoms with E-state index in [-0.39, 0.29) is 5.82 Å². The minimum Gasteiger partial charge on any atom is -0.488 e. The van der Waals surface area contributed by atoms with Crippen molar-refractivity contribution in [1.29, 1.82) is 0 Å². The average Bonchev–Trinajstić information content (AvgIpc) is 2.48. The van der Waals surface area contributed by atoms with E-state index in [9.17, 15) is 4.39 Å². The lowest BCUT2D eigenvalue weighted by Crippen LogP contribution is -1.97. The normalized spacial score (nSPS) is 9.70. The summed E-state index contributed by atoms with van der Waals surface area (Å²) in [6.45, 7) is 0.427. The molecule has 0 atom stereocenters. The van der Waals surface area contributed by atoms with Gasteiger partial charge in [0.25, 0.3) is 0 Å². The number of ether oxygens (including phenoxy) is 1. The Morgan fingerprint density at radius 1 is 1.10 bits per heavy atom. The quantitative estimate of drug-likeness (QED) is 0.599. The van der Waals surface area contributed by atoms with E-state index in [1.807, 2.05) is 30.3 Å². The molecule has 0 bridgehead atoms. The second-order valence-corrected chi connectivity index (χ2v) is 4.53. The van der Waals surface area contributed by atoms with Crippen molar-refractivity contribution in [3.8, 4) is 17.6 Å². The second-order valence-electron chi connectivity index (χ2n) is 4.16. The fourth-order valence-electron chi connectivity index (χ4n) is 1.67. The van der Waals surface area contributed by atoms with Crippen LogP contribution in [0.5, 0.6) is 5.75 Å². The summed E-state index contributed by atoms with van der Waals surface area (Å²) in [6.07, 6.45) is 0.566. The molecule has 0 aromatic heterocycles. The maximum Gasteiger partial charge on any atom is 0.135 e. The van der Waals surface area contributed by atoms with Gasteiger partial charge in [-0.15, -0.1) is 11.6 Å². The van der Waals surface area contributed by atoms with Gasteiger partial charge in [-0.2, -0.15) is 0 Å². The van der Waals surface area contributed by atoms with Crippen LogP contribution in [0.1, 0.15) is 17.5 Å². The van der Waals surface area contributed by atoms with Gasteiger partial charge in [-0.25, -0.2) is 4.39 Å². The number of alkyl halides is 1. The largest absolute Gasteiger partial charge is 0.488 e. The van der Waals surface area contributed by atoms with Crippen LogP contribution >= 0.6 is 11.6 Å². The molecule has 0 aliphatic rings. The fourth-order valence-corrected chi connectivity index (χ4v) is 1.76. The first-order valence-electron chi connectivity index (χ1n) is 6.30. The first kappa shape index (κ1) is 14.4. The lowest BCUT2D eigenvalue weighted by Gasteiger charge is -2.08. The van der Waals surface area contributed by atoms with Crippen LogP contribution in [0.4, 0.5) is 4.39 Å². The molecule has 0 fully saturated rings. The molecule has 2 aromatic carbocycles. The van der Waals surface area contributed by atoms with Crippen LogP contribution in [0.3, 0.4) is 0 Å². The van der Waals surface area contributed by atoms with Crippen molar-refractivity contribution < 1.29 is 9.13 Å². The minimum absolute atomic E-state index is 0.327. The molecule has 102 valence electrons. The van der Waals surface area contributed by atoms with Crippen molar-refractivity contribution in [2.75, 3.05) is 5.88 Å². The second kappa shape index (κ2) is 7.57. The van der Waals surface area contributed by atoms with Crippen molar-refractivity contribution in [1.82, 2.24) is 0 Å². The van der Waals surface area contributed by atoms with E-state index in [0.29, 0.717) is 30.2 Å². The summed E-state index contributed by atoms with van der Waals surface area (Å²) in [5.41, 5.74) is 1.60. The van der Waals surface area contributed by atoms with Crippen LogP contribution in [-0.2, 0) is 6.61 Å². The van der Waals surface area contributed by atoms with Crippen LogP contribution < -0.4 is 4.74 Å². The van der Waals surface area contributed by atoms with E-state index in [4.69, 9.17) is 16.3 Å². The summed E-state index contributed by atoms with van der Waals surface area (Å²) in [5, 5.41) is 0. The van der Waals surface area contributed by atoms with Crippen LogP contribution in [0.25, 0.3) is 0 Å². The van der Waals surface area contributed by atoms with Crippen LogP contribution in [0.15, 0.2) is 48.5 Å². The van der Waals surface area contributed by atoms with Crippen molar-refractivity contribution in [2.45, 2.75) is 13.0 Å². The van der Waals surface area contributed by atoms with Gasteiger partial charge in [-0.1, -0.05) is 42.2 Å². The Balaban J connectivity index is 2.13. The number of hydrogen-bond donors (Lipinski definition) is 0. The zero-order chi connectivity index (χ0) is 14.2. The predicted octanol–water partition coefficient (Wildman–Crippen LogP) is 4.39. The zero-order valence-corrected chi connectivity index (χ0v) is 11.7. The molecule has 0 saturated carbocycles. The van der Waals surface area contributed by atoms with Crippen LogP contribution in [0.2, 0.25) is 0 Å². The fraction of sp³-hybridized carbons (Fsp3) is 0.176. The Morgan fingerprint density at radius 3 is 2.65 bits per heavy atom. The van der Waals surface area contributed by atoms with Gasteiger partial charge in [-0.05, 0) is 23.8 Å². The van der Waals surface area contributed by atoms with Gasteiger partial charge in [-0.3, -0.25) is 0 Å². The number of benzene rings is 2. The van der Waals surface area contributed by atoms with Crippen molar-refractivity contribution in [3.05, 3.63) is 65.5 Å². The molecule has 0 amide bonds. The molecule has 0 unspecified atom stereocenters. The van der Waals surface area contributed by atoms with Crippen LogP contribution in [0, 0.1) is 17.7 Å². The Labute approximate surface area is 123 Å². The molecule has 0 heterocycles. The molecule has 2 aromatic rings. The van der Waals surface area contributed by atoms with Gasteiger partial charge >= 0.3 is 0 Å². The third-order valence-corrected chi connectivity index (χ3v) is 2.81. The Bertz CT molecular complexity index is 614. The van der Waals surface area contributed by atoms with E-state index in [2.05, 4.69) is 11.8 Å². The first-order valence-corrected chi connectivity index (χ1v) is 6.84. The summed E-state index contributed by atoms with van der Waals surface area (Å²) < 4.78 is 19.0. The molecule has 0 N–H and O–H groups in total. The zero-order valence-electron chi connectivity index (χ0n) is 10.9. The van der Waals surface area contributed by atoms with E-state index in [1.165, 1.54) is 12.1 Å². The predicted molar refractivity (Wildman–Crippen MR) is 79.4 cm³/mol. The highest BCUT2D eigenvalue weighted by molar-refractivity contribution is 6.18. The maximum absolute atomic E-state index is 13.3. The Hall–Kier alpha value is -1.98. The molecular formula is C17H14ClFO. The molecule has 3 heteroatoms. The first-order chi connectivity index (χ1) is 9.79. The summed E-state index contributed by atoms with van der Waals surface area (Å²) in [5.74, 6) is 6.50. The van der Waals surface area contributed by atoms with E-state index in [0.717, 1.165) is 5.56 Å².